The predicted octanol–water partition coefficient (Wildman–Crippen LogP) is 0.571. The molecule has 2 unspecified atom stereocenters. The van der Waals surface area contributed by atoms with Gasteiger partial charge >= 0.3 is 0 Å². The number of likely N-dealkylation sites (N-methyl/N-ethyl adjacent to an activating group) is 1. The van der Waals surface area contributed by atoms with Crippen LogP contribution in [-0.2, 0) is 4.74 Å². The van der Waals surface area contributed by atoms with Gasteiger partial charge in [-0.25, -0.2) is 5.84 Å². The largest absolute Gasteiger partial charge is 0.376 e. The standard InChI is InChI=1S/C11H24N4O/c1-8(2)7-13-11(14-12)15(4)10-5-6-16-9(10)3/h8-10H,5-7,12H2,1-4H3,(H,13,14). The average Bonchev–Trinajstić information content (AvgIpc) is 2.64. The summed E-state index contributed by atoms with van der Waals surface area (Å²) in [7, 11) is 2.01. The van der Waals surface area contributed by atoms with E-state index < -0.39 is 0 Å². The molecule has 0 aliphatic carbocycles. The van der Waals surface area contributed by atoms with Gasteiger partial charge in [0.05, 0.1) is 12.1 Å². The van der Waals surface area contributed by atoms with Gasteiger partial charge in [-0.05, 0) is 19.3 Å². The van der Waals surface area contributed by atoms with Crippen LogP contribution in [0.25, 0.3) is 0 Å². The number of hydrogen-bond acceptors (Lipinski definition) is 3. The first kappa shape index (κ1) is 13.3. The van der Waals surface area contributed by atoms with Crippen LogP contribution in [0.5, 0.6) is 0 Å². The van der Waals surface area contributed by atoms with Crippen LogP contribution in [0.3, 0.4) is 0 Å². The molecule has 0 aromatic carbocycles. The Hall–Kier alpha value is -0.810. The number of hydrazine groups is 1. The summed E-state index contributed by atoms with van der Waals surface area (Å²) < 4.78 is 5.54. The Morgan fingerprint density at radius 1 is 1.62 bits per heavy atom. The van der Waals surface area contributed by atoms with E-state index in [2.05, 4.69) is 36.1 Å². The zero-order valence-electron chi connectivity index (χ0n) is 10.7. The van der Waals surface area contributed by atoms with Crippen LogP contribution >= 0.6 is 0 Å². The van der Waals surface area contributed by atoms with Crippen LogP contribution in [0.15, 0.2) is 4.99 Å². The first-order valence-electron chi connectivity index (χ1n) is 5.91. The van der Waals surface area contributed by atoms with Crippen LogP contribution in [0.4, 0.5) is 0 Å². The third kappa shape index (κ3) is 3.35. The second kappa shape index (κ2) is 6.06. The number of nitrogens with one attached hydrogen (secondary N) is 1. The van der Waals surface area contributed by atoms with Crippen molar-refractivity contribution in [2.45, 2.75) is 39.3 Å². The Morgan fingerprint density at radius 3 is 2.75 bits per heavy atom. The van der Waals surface area contributed by atoms with Crippen LogP contribution in [0, 0.1) is 5.92 Å². The third-order valence-corrected chi connectivity index (χ3v) is 2.90. The van der Waals surface area contributed by atoms with Crippen LogP contribution in [0.1, 0.15) is 27.2 Å². The van der Waals surface area contributed by atoms with Gasteiger partial charge in [0.2, 0.25) is 5.96 Å². The Morgan fingerprint density at radius 2 is 2.31 bits per heavy atom. The first-order chi connectivity index (χ1) is 7.56. The Kier molecular flexibility index (Phi) is 5.02. The highest BCUT2D eigenvalue weighted by molar-refractivity contribution is 5.79. The smallest absolute Gasteiger partial charge is 0.208 e. The van der Waals surface area contributed by atoms with Gasteiger partial charge in [0, 0.05) is 20.2 Å². The number of nitrogens with two attached hydrogens (primary N) is 1. The summed E-state index contributed by atoms with van der Waals surface area (Å²) in [6, 6.07) is 0.363. The summed E-state index contributed by atoms with van der Waals surface area (Å²) in [6.45, 7) is 7.96. The van der Waals surface area contributed by atoms with E-state index in [-0.39, 0.29) is 6.10 Å². The second-order valence-electron chi connectivity index (χ2n) is 4.75. The van der Waals surface area contributed by atoms with Gasteiger partial charge in [-0.3, -0.25) is 10.4 Å². The van der Waals surface area contributed by atoms with Crippen molar-refractivity contribution in [3.8, 4) is 0 Å². The van der Waals surface area contributed by atoms with Crippen LogP contribution in [-0.4, -0.2) is 43.2 Å². The summed E-state index contributed by atoms with van der Waals surface area (Å²) in [5.74, 6) is 6.79. The summed E-state index contributed by atoms with van der Waals surface area (Å²) in [4.78, 5) is 6.55. The summed E-state index contributed by atoms with van der Waals surface area (Å²) >= 11 is 0. The highest BCUT2D eigenvalue weighted by Crippen LogP contribution is 2.18. The molecule has 5 heteroatoms. The molecule has 94 valence electrons. The molecule has 3 N–H and O–H groups in total. The fourth-order valence-electron chi connectivity index (χ4n) is 1.91. The van der Waals surface area contributed by atoms with E-state index in [0.717, 1.165) is 25.5 Å². The summed E-state index contributed by atoms with van der Waals surface area (Å²) in [5, 5.41) is 0. The van der Waals surface area contributed by atoms with Crippen molar-refractivity contribution in [1.29, 1.82) is 0 Å². The van der Waals surface area contributed by atoms with E-state index in [4.69, 9.17) is 10.6 Å². The highest BCUT2D eigenvalue weighted by Gasteiger charge is 2.29. The van der Waals surface area contributed by atoms with Crippen molar-refractivity contribution >= 4 is 5.96 Å². The van der Waals surface area contributed by atoms with Crippen molar-refractivity contribution in [1.82, 2.24) is 10.3 Å². The average molecular weight is 228 g/mol. The maximum Gasteiger partial charge on any atom is 0.208 e. The molecule has 0 amide bonds. The molecular formula is C11H24N4O. The number of ether oxygens (including phenoxy) is 1. The monoisotopic (exact) mass is 228 g/mol. The van der Waals surface area contributed by atoms with E-state index in [1.165, 1.54) is 0 Å². The summed E-state index contributed by atoms with van der Waals surface area (Å²) in [5.41, 5.74) is 2.68. The Balaban J connectivity index is 2.61. The lowest BCUT2D eigenvalue weighted by molar-refractivity contribution is 0.0991. The van der Waals surface area contributed by atoms with Crippen molar-refractivity contribution < 1.29 is 4.74 Å². The van der Waals surface area contributed by atoms with Crippen LogP contribution < -0.4 is 11.3 Å². The van der Waals surface area contributed by atoms with Gasteiger partial charge in [-0.2, -0.15) is 0 Å². The molecule has 2 atom stereocenters. The number of aliphatic imine (C=N–C) groups is 1. The quantitative estimate of drug-likeness (QED) is 0.321. The van der Waals surface area contributed by atoms with E-state index in [0.29, 0.717) is 12.0 Å². The Labute approximate surface area is 98.0 Å². The third-order valence-electron chi connectivity index (χ3n) is 2.90. The lowest BCUT2D eigenvalue weighted by Gasteiger charge is -2.29. The molecule has 0 aromatic heterocycles. The fraction of sp³-hybridized carbons (Fsp3) is 0.909. The first-order valence-corrected chi connectivity index (χ1v) is 5.91. The zero-order chi connectivity index (χ0) is 12.1. The number of guanidine groups is 1. The maximum absolute atomic E-state index is 5.54. The molecule has 1 heterocycles. The molecule has 0 spiro atoms. The Bertz CT molecular complexity index is 242. The molecule has 1 aliphatic rings. The van der Waals surface area contributed by atoms with Gasteiger partial charge in [0.25, 0.3) is 0 Å². The van der Waals surface area contributed by atoms with Gasteiger partial charge in [0.15, 0.2) is 0 Å². The number of rotatable bonds is 3. The van der Waals surface area contributed by atoms with E-state index in [1.807, 2.05) is 7.05 Å². The minimum Gasteiger partial charge on any atom is -0.376 e. The minimum atomic E-state index is 0.239. The summed E-state index contributed by atoms with van der Waals surface area (Å²) in [6.07, 6.45) is 1.27. The lowest BCUT2D eigenvalue weighted by atomic mass is 10.1. The van der Waals surface area contributed by atoms with Crippen LogP contribution in [0.2, 0.25) is 0 Å². The van der Waals surface area contributed by atoms with Gasteiger partial charge in [-0.1, -0.05) is 13.8 Å². The topological polar surface area (TPSA) is 62.9 Å². The lowest BCUT2D eigenvalue weighted by Crippen LogP contribution is -2.49. The van der Waals surface area contributed by atoms with Gasteiger partial charge in [0.1, 0.15) is 0 Å². The number of nitrogens with zero attached hydrogens (tertiary/aromatic N) is 2. The SMILES string of the molecule is CC(C)CN=C(NN)N(C)C1CCOC1C. The molecule has 1 rings (SSSR count). The van der Waals surface area contributed by atoms with Gasteiger partial charge in [-0.15, -0.1) is 0 Å². The molecule has 16 heavy (non-hydrogen) atoms. The molecule has 1 saturated heterocycles. The van der Waals surface area contributed by atoms with E-state index in [1.54, 1.807) is 0 Å². The molecule has 0 aromatic rings. The maximum atomic E-state index is 5.54. The molecular weight excluding hydrogens is 204 g/mol. The van der Waals surface area contributed by atoms with Gasteiger partial charge < -0.3 is 9.64 Å². The van der Waals surface area contributed by atoms with Crippen molar-refractivity contribution in [3.05, 3.63) is 0 Å². The minimum absolute atomic E-state index is 0.239. The van der Waals surface area contributed by atoms with Crippen molar-refractivity contribution in [3.63, 3.8) is 0 Å². The van der Waals surface area contributed by atoms with E-state index in [9.17, 15) is 0 Å². The molecule has 0 saturated carbocycles. The molecule has 0 bridgehead atoms. The van der Waals surface area contributed by atoms with Crippen molar-refractivity contribution in [2.75, 3.05) is 20.2 Å². The molecule has 1 aliphatic heterocycles. The second-order valence-corrected chi connectivity index (χ2v) is 4.75. The number of hydrogen-bond donors (Lipinski definition) is 2. The molecule has 0 radical (unpaired) electrons. The highest BCUT2D eigenvalue weighted by atomic mass is 16.5. The molecule has 5 nitrogen and oxygen atoms in total. The molecule has 1 fully saturated rings. The predicted molar refractivity (Wildman–Crippen MR) is 66.0 cm³/mol. The zero-order valence-corrected chi connectivity index (χ0v) is 10.7. The van der Waals surface area contributed by atoms with E-state index >= 15 is 0 Å². The fourth-order valence-corrected chi connectivity index (χ4v) is 1.91. The normalized spacial score (nSPS) is 26.2. The van der Waals surface area contributed by atoms with Crippen molar-refractivity contribution in [2.24, 2.45) is 16.8 Å².